The van der Waals surface area contributed by atoms with Crippen LogP contribution in [0.3, 0.4) is 0 Å². The quantitative estimate of drug-likeness (QED) is 0.254. The molecule has 0 amide bonds. The monoisotopic (exact) mass is 536 g/mol. The van der Waals surface area contributed by atoms with Gasteiger partial charge in [0.15, 0.2) is 11.8 Å². The van der Waals surface area contributed by atoms with E-state index in [2.05, 4.69) is 30.3 Å². The lowest BCUT2D eigenvalue weighted by Gasteiger charge is -2.22. The standard InChI is InChI=1S/C22H28N6O2.HI/c1-4-23-22(28(3)15-16-29-19-11-6-5-9-17(19)2)25-14-12-20-26-21(30-27-20)18-10-7-8-13-24-18;/h5-11,13H,4,12,14-16H2,1-3H3,(H,23,25);1H. The minimum Gasteiger partial charge on any atom is -0.491 e. The molecule has 0 fully saturated rings. The third kappa shape index (κ3) is 7.50. The smallest absolute Gasteiger partial charge is 0.276 e. The second-order valence-electron chi connectivity index (χ2n) is 6.75. The number of para-hydroxylation sites is 1. The van der Waals surface area contributed by atoms with Crippen LogP contribution >= 0.6 is 24.0 Å². The summed E-state index contributed by atoms with van der Waals surface area (Å²) in [6.45, 7) is 6.71. The molecule has 0 atom stereocenters. The van der Waals surface area contributed by atoms with Crippen LogP contribution in [-0.4, -0.2) is 59.3 Å². The lowest BCUT2D eigenvalue weighted by molar-refractivity contribution is 0.280. The van der Waals surface area contributed by atoms with E-state index < -0.39 is 0 Å². The molecule has 8 nitrogen and oxygen atoms in total. The number of hydrogen-bond donors (Lipinski definition) is 1. The van der Waals surface area contributed by atoms with Gasteiger partial charge in [-0.2, -0.15) is 4.98 Å². The molecule has 0 saturated carbocycles. The minimum absolute atomic E-state index is 0. The lowest BCUT2D eigenvalue weighted by atomic mass is 10.2. The predicted molar refractivity (Wildman–Crippen MR) is 132 cm³/mol. The van der Waals surface area contributed by atoms with E-state index in [4.69, 9.17) is 9.26 Å². The Morgan fingerprint density at radius 3 is 2.74 bits per heavy atom. The molecule has 3 aromatic rings. The summed E-state index contributed by atoms with van der Waals surface area (Å²) in [6.07, 6.45) is 2.28. The highest BCUT2D eigenvalue weighted by atomic mass is 127. The Balaban J connectivity index is 0.00000341. The van der Waals surface area contributed by atoms with Crippen molar-refractivity contribution in [2.75, 3.05) is 33.3 Å². The molecule has 0 saturated heterocycles. The molecule has 0 aliphatic carbocycles. The van der Waals surface area contributed by atoms with Gasteiger partial charge in [-0.3, -0.25) is 9.98 Å². The van der Waals surface area contributed by atoms with E-state index in [-0.39, 0.29) is 24.0 Å². The maximum absolute atomic E-state index is 5.89. The van der Waals surface area contributed by atoms with Gasteiger partial charge >= 0.3 is 0 Å². The Morgan fingerprint density at radius 2 is 2.00 bits per heavy atom. The van der Waals surface area contributed by atoms with Crippen LogP contribution in [0.1, 0.15) is 18.3 Å². The maximum atomic E-state index is 5.89. The highest BCUT2D eigenvalue weighted by Gasteiger charge is 2.10. The van der Waals surface area contributed by atoms with Crippen LogP contribution in [0.25, 0.3) is 11.6 Å². The van der Waals surface area contributed by atoms with Crippen molar-refractivity contribution in [1.29, 1.82) is 0 Å². The average molecular weight is 536 g/mol. The number of hydrogen-bond acceptors (Lipinski definition) is 6. The number of guanidine groups is 1. The van der Waals surface area contributed by atoms with Gasteiger partial charge in [-0.15, -0.1) is 24.0 Å². The van der Waals surface area contributed by atoms with Crippen LogP contribution in [0.4, 0.5) is 0 Å². The van der Waals surface area contributed by atoms with Gasteiger partial charge in [0.2, 0.25) is 0 Å². The van der Waals surface area contributed by atoms with Crippen LogP contribution in [-0.2, 0) is 6.42 Å². The van der Waals surface area contributed by atoms with Crippen molar-refractivity contribution >= 4 is 29.9 Å². The molecule has 2 heterocycles. The molecule has 1 N–H and O–H groups in total. The Kier molecular flexibility index (Phi) is 10.2. The number of nitrogens with one attached hydrogen (secondary N) is 1. The first-order chi connectivity index (χ1) is 14.7. The number of ether oxygens (including phenoxy) is 1. The Labute approximate surface area is 200 Å². The van der Waals surface area contributed by atoms with Crippen molar-refractivity contribution in [2.45, 2.75) is 20.3 Å². The Hall–Kier alpha value is -2.69. The van der Waals surface area contributed by atoms with Gasteiger partial charge in [-0.05, 0) is 37.6 Å². The van der Waals surface area contributed by atoms with Crippen LogP contribution in [0, 0.1) is 6.92 Å². The summed E-state index contributed by atoms with van der Waals surface area (Å²) in [4.78, 5) is 15.3. The van der Waals surface area contributed by atoms with Crippen molar-refractivity contribution in [2.24, 2.45) is 4.99 Å². The molecule has 31 heavy (non-hydrogen) atoms. The summed E-state index contributed by atoms with van der Waals surface area (Å²) in [5, 5.41) is 7.33. The van der Waals surface area contributed by atoms with E-state index in [0.29, 0.717) is 43.5 Å². The van der Waals surface area contributed by atoms with E-state index in [1.54, 1.807) is 6.20 Å². The molecule has 0 spiro atoms. The Bertz CT molecular complexity index is 948. The summed E-state index contributed by atoms with van der Waals surface area (Å²) < 4.78 is 11.2. The van der Waals surface area contributed by atoms with Crippen molar-refractivity contribution < 1.29 is 9.26 Å². The average Bonchev–Trinajstić information content (AvgIpc) is 3.24. The molecule has 3 rings (SSSR count). The molecule has 1 aromatic carbocycles. The first-order valence-electron chi connectivity index (χ1n) is 10.1. The van der Waals surface area contributed by atoms with Crippen LogP contribution in [0.5, 0.6) is 5.75 Å². The second kappa shape index (κ2) is 12.9. The number of likely N-dealkylation sites (N-methyl/N-ethyl adjacent to an activating group) is 1. The van der Waals surface area contributed by atoms with Gasteiger partial charge < -0.3 is 19.5 Å². The number of aliphatic imine (C=N–C) groups is 1. The van der Waals surface area contributed by atoms with Gasteiger partial charge in [-0.1, -0.05) is 29.4 Å². The van der Waals surface area contributed by atoms with Gasteiger partial charge in [0, 0.05) is 32.8 Å². The van der Waals surface area contributed by atoms with Gasteiger partial charge in [0.25, 0.3) is 5.89 Å². The summed E-state index contributed by atoms with van der Waals surface area (Å²) in [6, 6.07) is 13.6. The van der Waals surface area contributed by atoms with Gasteiger partial charge in [0.1, 0.15) is 18.1 Å². The molecule has 2 aromatic heterocycles. The number of aryl methyl sites for hydroxylation is 1. The number of halogens is 1. The molecule has 0 aliphatic heterocycles. The number of pyridine rings is 1. The number of aromatic nitrogens is 3. The summed E-state index contributed by atoms with van der Waals surface area (Å²) in [5.74, 6) is 2.76. The second-order valence-corrected chi connectivity index (χ2v) is 6.75. The SMILES string of the molecule is CCNC(=NCCc1noc(-c2ccccn2)n1)N(C)CCOc1ccccc1C.I. The third-order valence-electron chi connectivity index (χ3n) is 4.42. The normalized spacial score (nSPS) is 11.0. The lowest BCUT2D eigenvalue weighted by Crippen LogP contribution is -2.41. The van der Waals surface area contributed by atoms with Crippen molar-refractivity contribution in [3.05, 3.63) is 60.0 Å². The first-order valence-corrected chi connectivity index (χ1v) is 10.1. The van der Waals surface area contributed by atoms with E-state index in [9.17, 15) is 0 Å². The fourth-order valence-electron chi connectivity index (χ4n) is 2.80. The molecule has 0 unspecified atom stereocenters. The summed E-state index contributed by atoms with van der Waals surface area (Å²) in [5.41, 5.74) is 1.80. The number of nitrogens with zero attached hydrogens (tertiary/aromatic N) is 5. The van der Waals surface area contributed by atoms with Crippen molar-refractivity contribution in [3.63, 3.8) is 0 Å². The van der Waals surface area contributed by atoms with E-state index in [1.165, 1.54) is 0 Å². The Morgan fingerprint density at radius 1 is 1.19 bits per heavy atom. The zero-order valence-electron chi connectivity index (χ0n) is 18.1. The molecule has 9 heteroatoms. The predicted octanol–water partition coefficient (Wildman–Crippen LogP) is 3.58. The zero-order valence-corrected chi connectivity index (χ0v) is 20.4. The minimum atomic E-state index is 0. The fraction of sp³-hybridized carbons (Fsp3) is 0.364. The first kappa shape index (κ1) is 24.6. The zero-order chi connectivity index (χ0) is 21.2. The summed E-state index contributed by atoms with van der Waals surface area (Å²) >= 11 is 0. The molecule has 0 radical (unpaired) electrons. The largest absolute Gasteiger partial charge is 0.491 e. The van der Waals surface area contributed by atoms with Gasteiger partial charge in [0.05, 0.1) is 6.54 Å². The fourth-order valence-corrected chi connectivity index (χ4v) is 2.80. The number of rotatable bonds is 9. The van der Waals surface area contributed by atoms with E-state index in [1.807, 2.05) is 63.4 Å². The van der Waals surface area contributed by atoms with Gasteiger partial charge in [-0.25, -0.2) is 0 Å². The topological polar surface area (TPSA) is 88.7 Å². The van der Waals surface area contributed by atoms with Crippen molar-refractivity contribution in [3.8, 4) is 17.3 Å². The maximum Gasteiger partial charge on any atom is 0.276 e. The van der Waals surface area contributed by atoms with E-state index >= 15 is 0 Å². The van der Waals surface area contributed by atoms with Crippen LogP contribution in [0.15, 0.2) is 58.2 Å². The molecule has 0 aliphatic rings. The van der Waals surface area contributed by atoms with Crippen molar-refractivity contribution in [1.82, 2.24) is 25.3 Å². The number of benzene rings is 1. The molecule has 0 bridgehead atoms. The molecular weight excluding hydrogens is 507 g/mol. The molecule has 166 valence electrons. The van der Waals surface area contributed by atoms with E-state index in [0.717, 1.165) is 23.8 Å². The van der Waals surface area contributed by atoms with Crippen LogP contribution in [0.2, 0.25) is 0 Å². The third-order valence-corrected chi connectivity index (χ3v) is 4.42. The molecular formula is C22H29IN6O2. The summed E-state index contributed by atoms with van der Waals surface area (Å²) in [7, 11) is 2.00. The highest BCUT2D eigenvalue weighted by molar-refractivity contribution is 14.0. The van der Waals surface area contributed by atoms with Crippen LogP contribution < -0.4 is 10.1 Å². The highest BCUT2D eigenvalue weighted by Crippen LogP contribution is 2.16.